The van der Waals surface area contributed by atoms with E-state index in [1.807, 2.05) is 0 Å². The van der Waals surface area contributed by atoms with Gasteiger partial charge >= 0.3 is 0 Å². The molecule has 2 N–H and O–H groups in total. The highest BCUT2D eigenvalue weighted by Gasteiger charge is 2.16. The lowest BCUT2D eigenvalue weighted by Gasteiger charge is -2.06. The number of carboxylic acid groups (broad SMARTS) is 1. The van der Waals surface area contributed by atoms with Gasteiger partial charge in [0.25, 0.3) is 6.47 Å². The largest absolute Gasteiger partial charge is 0.483 e. The Hall–Kier alpha value is -2.56. The Morgan fingerprint density at radius 2 is 2.08 bits per heavy atom. The Kier molecular flexibility index (Phi) is 6.61. The summed E-state index contributed by atoms with van der Waals surface area (Å²) in [5.41, 5.74) is 0.886. The number of sulfonamides is 1. The van der Waals surface area contributed by atoms with Crippen LogP contribution in [0.5, 0.6) is 0 Å². The summed E-state index contributed by atoms with van der Waals surface area (Å²) in [4.78, 5) is 16.4. The molecule has 0 radical (unpaired) electrons. The highest BCUT2D eigenvalue weighted by atomic mass is 35.5. The van der Waals surface area contributed by atoms with Gasteiger partial charge in [-0.25, -0.2) is 22.5 Å². The first kappa shape index (κ1) is 19.8. The summed E-state index contributed by atoms with van der Waals surface area (Å²) in [6.45, 7) is -0.395. The molecule has 0 spiro atoms. The molecule has 138 valence electrons. The first-order valence-corrected chi connectivity index (χ1v) is 9.07. The van der Waals surface area contributed by atoms with Crippen LogP contribution in [0.15, 0.2) is 40.9 Å². The Morgan fingerprint density at radius 3 is 2.73 bits per heavy atom. The van der Waals surface area contributed by atoms with Gasteiger partial charge in [-0.3, -0.25) is 4.79 Å². The minimum absolute atomic E-state index is 0.0288. The number of benzene rings is 1. The normalized spacial score (nSPS) is 11.0. The van der Waals surface area contributed by atoms with Gasteiger partial charge in [-0.15, -0.1) is 0 Å². The second-order valence-corrected chi connectivity index (χ2v) is 7.10. The Labute approximate surface area is 152 Å². The Bertz CT molecular complexity index is 976. The molecule has 3 rings (SSSR count). The third-order valence-electron chi connectivity index (χ3n) is 3.01. The van der Waals surface area contributed by atoms with Crippen molar-refractivity contribution in [3.8, 4) is 0 Å². The summed E-state index contributed by atoms with van der Waals surface area (Å²) in [6, 6.07) is 7.20. The van der Waals surface area contributed by atoms with Crippen LogP contribution in [0.4, 0.5) is 4.39 Å². The number of oxazole rings is 1. The van der Waals surface area contributed by atoms with Gasteiger partial charge in [-0.2, -0.15) is 4.98 Å². The third kappa shape index (κ3) is 5.48. The van der Waals surface area contributed by atoms with Crippen LogP contribution >= 0.6 is 11.6 Å². The van der Waals surface area contributed by atoms with Gasteiger partial charge in [-0.1, -0.05) is 17.7 Å². The van der Waals surface area contributed by atoms with Crippen LogP contribution in [-0.4, -0.2) is 30.0 Å². The quantitative estimate of drug-likeness (QED) is 0.629. The molecule has 8 nitrogen and oxygen atoms in total. The number of halogens is 2. The first-order chi connectivity index (χ1) is 12.3. The molecule has 26 heavy (non-hydrogen) atoms. The van der Waals surface area contributed by atoms with Gasteiger partial charge in [-0.05, 0) is 24.3 Å². The molecule has 0 amide bonds. The second kappa shape index (κ2) is 8.70. The van der Waals surface area contributed by atoms with Crippen LogP contribution in [0.3, 0.4) is 0 Å². The van der Waals surface area contributed by atoms with Crippen LogP contribution in [0.1, 0.15) is 11.5 Å². The molecule has 2 aromatic heterocycles. The molecular weight excluding hydrogens is 389 g/mol. The van der Waals surface area contributed by atoms with E-state index < -0.39 is 21.6 Å². The van der Waals surface area contributed by atoms with Crippen molar-refractivity contribution in [2.75, 3.05) is 0 Å². The predicted octanol–water partition coefficient (Wildman–Crippen LogP) is 2.34. The number of rotatable bonds is 5. The summed E-state index contributed by atoms with van der Waals surface area (Å²) in [7, 11) is -3.76. The van der Waals surface area contributed by atoms with Crippen molar-refractivity contribution in [2.45, 2.75) is 12.3 Å². The molecule has 0 aliphatic heterocycles. The number of hydrogen-bond acceptors (Lipinski definition) is 6. The average molecular weight is 402 g/mol. The number of hydrogen-bond donors (Lipinski definition) is 2. The van der Waals surface area contributed by atoms with Crippen molar-refractivity contribution < 1.29 is 27.1 Å². The highest BCUT2D eigenvalue weighted by Crippen LogP contribution is 2.17. The van der Waals surface area contributed by atoms with Crippen LogP contribution in [0, 0.1) is 5.82 Å². The molecule has 3 aromatic rings. The van der Waals surface area contributed by atoms with E-state index in [9.17, 15) is 12.8 Å². The maximum atomic E-state index is 13.7. The fourth-order valence-electron chi connectivity index (χ4n) is 1.96. The third-order valence-corrected chi connectivity index (χ3v) is 4.52. The van der Waals surface area contributed by atoms with Crippen LogP contribution in [-0.2, 0) is 27.1 Å². The number of pyridine rings is 1. The van der Waals surface area contributed by atoms with Crippen molar-refractivity contribution in [1.29, 1.82) is 0 Å². The topological polar surface area (TPSA) is 122 Å². The summed E-state index contributed by atoms with van der Waals surface area (Å²) < 4.78 is 45.4. The number of nitrogens with one attached hydrogen (secondary N) is 1. The van der Waals surface area contributed by atoms with Crippen molar-refractivity contribution in [3.05, 3.63) is 58.8 Å². The minimum Gasteiger partial charge on any atom is -0.483 e. The summed E-state index contributed by atoms with van der Waals surface area (Å²) >= 11 is 5.64. The molecule has 11 heteroatoms. The SMILES string of the molecule is O=CO.O=S(=O)(Cc1ccc(Cl)cc1F)NCc1nc2ncccc2o1. The van der Waals surface area contributed by atoms with E-state index >= 15 is 0 Å². The second-order valence-electron chi connectivity index (χ2n) is 4.85. The smallest absolute Gasteiger partial charge is 0.290 e. The molecule has 0 bridgehead atoms. The molecule has 0 aliphatic carbocycles. The standard InChI is InChI=1S/C14H11ClFN3O3S.CH2O2/c15-10-4-3-9(11(16)6-10)8-23(20,21)18-7-13-19-14-12(22-13)2-1-5-17-14;2-1-3/h1-6,18H,7-8H2;1H,(H,2,3). The van der Waals surface area contributed by atoms with Gasteiger partial charge in [0.05, 0.1) is 12.3 Å². The van der Waals surface area contributed by atoms with Gasteiger partial charge in [0, 0.05) is 16.8 Å². The number of carbonyl (C=O) groups is 1. The van der Waals surface area contributed by atoms with Crippen molar-refractivity contribution >= 4 is 39.3 Å². The fraction of sp³-hybridized carbons (Fsp3) is 0.133. The molecule has 0 atom stereocenters. The monoisotopic (exact) mass is 401 g/mol. The lowest BCUT2D eigenvalue weighted by Crippen LogP contribution is -2.25. The van der Waals surface area contributed by atoms with E-state index in [1.165, 1.54) is 12.1 Å². The Balaban J connectivity index is 0.000000758. The lowest BCUT2D eigenvalue weighted by atomic mass is 10.2. The maximum Gasteiger partial charge on any atom is 0.290 e. The van der Waals surface area contributed by atoms with Gasteiger partial charge in [0.15, 0.2) is 11.2 Å². The molecule has 0 fully saturated rings. The summed E-state index contributed by atoms with van der Waals surface area (Å²) in [5.74, 6) is -0.998. The van der Waals surface area contributed by atoms with E-state index in [0.717, 1.165) is 6.07 Å². The lowest BCUT2D eigenvalue weighted by molar-refractivity contribution is -0.122. The van der Waals surface area contributed by atoms with Crippen LogP contribution in [0.2, 0.25) is 5.02 Å². The van der Waals surface area contributed by atoms with Crippen molar-refractivity contribution in [1.82, 2.24) is 14.7 Å². The van der Waals surface area contributed by atoms with Gasteiger partial charge < -0.3 is 9.52 Å². The van der Waals surface area contributed by atoms with E-state index in [4.69, 9.17) is 25.9 Å². The molecule has 0 aliphatic rings. The number of fused-ring (bicyclic) bond motifs is 1. The van der Waals surface area contributed by atoms with Gasteiger partial charge in [0.2, 0.25) is 15.9 Å². The molecular formula is C15H13ClFN3O5S. The molecule has 1 aromatic carbocycles. The number of nitrogens with zero attached hydrogens (tertiary/aromatic N) is 2. The Morgan fingerprint density at radius 1 is 1.35 bits per heavy atom. The van der Waals surface area contributed by atoms with Crippen molar-refractivity contribution in [2.24, 2.45) is 0 Å². The summed E-state index contributed by atoms with van der Waals surface area (Å²) in [6.07, 6.45) is 1.56. The molecule has 0 unspecified atom stereocenters. The van der Waals surface area contributed by atoms with E-state index in [-0.39, 0.29) is 29.5 Å². The zero-order valence-corrected chi connectivity index (χ0v) is 14.7. The average Bonchev–Trinajstić information content (AvgIpc) is 3.00. The van der Waals surface area contributed by atoms with Crippen LogP contribution in [0.25, 0.3) is 11.2 Å². The van der Waals surface area contributed by atoms with E-state index in [0.29, 0.717) is 11.2 Å². The van der Waals surface area contributed by atoms with E-state index in [1.54, 1.807) is 18.3 Å². The first-order valence-electron chi connectivity index (χ1n) is 7.04. The number of aromatic nitrogens is 2. The summed E-state index contributed by atoms with van der Waals surface area (Å²) in [5, 5.41) is 7.09. The maximum absolute atomic E-state index is 13.7. The minimum atomic E-state index is -3.76. The fourth-order valence-corrected chi connectivity index (χ4v) is 3.20. The molecule has 0 saturated heterocycles. The predicted molar refractivity (Wildman–Crippen MR) is 91.4 cm³/mol. The van der Waals surface area contributed by atoms with Crippen molar-refractivity contribution in [3.63, 3.8) is 0 Å². The van der Waals surface area contributed by atoms with E-state index in [2.05, 4.69) is 14.7 Å². The molecule has 0 saturated carbocycles. The van der Waals surface area contributed by atoms with Crippen LogP contribution < -0.4 is 4.72 Å². The zero-order valence-electron chi connectivity index (χ0n) is 13.1. The highest BCUT2D eigenvalue weighted by molar-refractivity contribution is 7.88. The molecule has 2 heterocycles. The zero-order chi connectivity index (χ0) is 19.2. The van der Waals surface area contributed by atoms with Gasteiger partial charge in [0.1, 0.15) is 5.82 Å².